The van der Waals surface area contributed by atoms with Crippen molar-refractivity contribution in [3.8, 4) is 23.8 Å². The third-order valence-electron chi connectivity index (χ3n) is 3.10. The minimum atomic E-state index is 0.256. The van der Waals surface area contributed by atoms with Gasteiger partial charge in [0.15, 0.2) is 5.76 Å². The van der Waals surface area contributed by atoms with Gasteiger partial charge >= 0.3 is 0 Å². The number of pyridine rings is 1. The van der Waals surface area contributed by atoms with E-state index in [1.165, 1.54) is 0 Å². The van der Waals surface area contributed by atoms with E-state index in [2.05, 4.69) is 10.9 Å². The van der Waals surface area contributed by atoms with Gasteiger partial charge in [0.05, 0.1) is 17.7 Å². The molecule has 0 unspecified atom stereocenters. The number of aromatic nitrogens is 1. The molecule has 0 bridgehead atoms. The normalized spacial score (nSPS) is 10.9. The molecule has 0 aromatic carbocycles. The summed E-state index contributed by atoms with van der Waals surface area (Å²) in [5, 5.41) is 0.933. The Bertz CT molecular complexity index is 820. The fraction of sp³-hybridized carbons (Fsp3) is 0.235. The van der Waals surface area contributed by atoms with Gasteiger partial charge in [0, 0.05) is 6.07 Å². The average Bonchev–Trinajstić information content (AvgIpc) is 3.03. The third-order valence-corrected chi connectivity index (χ3v) is 3.10. The first kappa shape index (κ1) is 13.5. The fourth-order valence-corrected chi connectivity index (χ4v) is 2.25. The first-order chi connectivity index (χ1) is 10.2. The number of rotatable bonds is 4. The highest BCUT2D eigenvalue weighted by atomic mass is 16.5. The van der Waals surface area contributed by atoms with Crippen LogP contribution in [0, 0.1) is 26.2 Å². The highest BCUT2D eigenvalue weighted by Crippen LogP contribution is 2.31. The fourth-order valence-electron chi connectivity index (χ4n) is 2.25. The van der Waals surface area contributed by atoms with Crippen molar-refractivity contribution >= 4 is 11.0 Å². The van der Waals surface area contributed by atoms with Crippen LogP contribution in [0.15, 0.2) is 33.1 Å². The van der Waals surface area contributed by atoms with E-state index in [0.717, 1.165) is 39.6 Å². The van der Waals surface area contributed by atoms with E-state index < -0.39 is 0 Å². The van der Waals surface area contributed by atoms with Crippen molar-refractivity contribution in [1.29, 1.82) is 0 Å². The van der Waals surface area contributed by atoms with Gasteiger partial charge in [-0.25, -0.2) is 4.98 Å². The monoisotopic (exact) mass is 281 g/mol. The molecule has 3 heterocycles. The lowest BCUT2D eigenvalue weighted by Crippen LogP contribution is -1.97. The summed E-state index contributed by atoms with van der Waals surface area (Å²) in [6, 6.07) is 7.66. The molecule has 0 fully saturated rings. The Morgan fingerprint density at radius 2 is 2.05 bits per heavy atom. The van der Waals surface area contributed by atoms with Crippen molar-refractivity contribution in [1.82, 2.24) is 4.98 Å². The summed E-state index contributed by atoms with van der Waals surface area (Å²) in [6.45, 7) is 4.41. The van der Waals surface area contributed by atoms with Gasteiger partial charge in [0.1, 0.15) is 29.4 Å². The van der Waals surface area contributed by atoms with Crippen molar-refractivity contribution in [2.24, 2.45) is 0 Å². The number of hydrogen-bond donors (Lipinski definition) is 0. The Balaban J connectivity index is 2.09. The molecular weight excluding hydrogens is 266 g/mol. The van der Waals surface area contributed by atoms with Crippen molar-refractivity contribution < 1.29 is 13.6 Å². The van der Waals surface area contributed by atoms with Crippen molar-refractivity contribution in [3.63, 3.8) is 0 Å². The van der Waals surface area contributed by atoms with E-state index in [9.17, 15) is 0 Å². The maximum Gasteiger partial charge on any atom is 0.153 e. The molecule has 3 aromatic rings. The lowest BCUT2D eigenvalue weighted by molar-refractivity contribution is 0.150. The number of terminal acetylenes is 1. The Morgan fingerprint density at radius 1 is 1.19 bits per heavy atom. The SMILES string of the molecule is C#CCOCc1cc2oc(C)cc2c(-c2ccc(C)o2)n1. The first-order valence-electron chi connectivity index (χ1n) is 6.65. The molecule has 0 amide bonds. The Morgan fingerprint density at radius 3 is 2.76 bits per heavy atom. The van der Waals surface area contributed by atoms with E-state index in [4.69, 9.17) is 20.0 Å². The van der Waals surface area contributed by atoms with Crippen LogP contribution < -0.4 is 0 Å². The Hall–Kier alpha value is -2.51. The van der Waals surface area contributed by atoms with E-state index in [1.807, 2.05) is 38.1 Å². The molecule has 0 radical (unpaired) electrons. The zero-order valence-electron chi connectivity index (χ0n) is 12.0. The van der Waals surface area contributed by atoms with Gasteiger partial charge in [-0.1, -0.05) is 5.92 Å². The van der Waals surface area contributed by atoms with Crippen LogP contribution in [0.4, 0.5) is 0 Å². The summed E-state index contributed by atoms with van der Waals surface area (Å²) >= 11 is 0. The van der Waals surface area contributed by atoms with Crippen LogP contribution in [0.2, 0.25) is 0 Å². The molecule has 4 nitrogen and oxygen atoms in total. The van der Waals surface area contributed by atoms with Crippen molar-refractivity contribution in [3.05, 3.63) is 41.5 Å². The maximum absolute atomic E-state index is 5.71. The van der Waals surface area contributed by atoms with Crippen LogP contribution in [0.1, 0.15) is 17.2 Å². The van der Waals surface area contributed by atoms with Gasteiger partial charge in [-0.3, -0.25) is 0 Å². The highest BCUT2D eigenvalue weighted by Gasteiger charge is 2.14. The highest BCUT2D eigenvalue weighted by molar-refractivity contribution is 5.91. The second-order valence-electron chi connectivity index (χ2n) is 4.84. The van der Waals surface area contributed by atoms with Gasteiger partial charge < -0.3 is 13.6 Å². The Labute approximate surface area is 122 Å². The summed E-state index contributed by atoms with van der Waals surface area (Å²) in [6.07, 6.45) is 5.18. The molecule has 4 heteroatoms. The molecule has 0 aliphatic rings. The van der Waals surface area contributed by atoms with Gasteiger partial charge in [-0.05, 0) is 32.0 Å². The molecule has 0 atom stereocenters. The number of ether oxygens (including phenoxy) is 1. The molecule has 21 heavy (non-hydrogen) atoms. The second kappa shape index (κ2) is 5.47. The first-order valence-corrected chi connectivity index (χ1v) is 6.65. The minimum absolute atomic E-state index is 0.256. The second-order valence-corrected chi connectivity index (χ2v) is 4.84. The predicted molar refractivity (Wildman–Crippen MR) is 79.7 cm³/mol. The van der Waals surface area contributed by atoms with Gasteiger partial charge in [0.2, 0.25) is 0 Å². The molecule has 0 aliphatic carbocycles. The molecule has 3 aromatic heterocycles. The summed E-state index contributed by atoms with van der Waals surface area (Å²) < 4.78 is 16.7. The maximum atomic E-state index is 5.71. The largest absolute Gasteiger partial charge is 0.461 e. The van der Waals surface area contributed by atoms with Crippen LogP contribution in [0.25, 0.3) is 22.4 Å². The minimum Gasteiger partial charge on any atom is -0.461 e. The van der Waals surface area contributed by atoms with Gasteiger partial charge in [-0.15, -0.1) is 6.42 Å². The van der Waals surface area contributed by atoms with Crippen LogP contribution in [-0.2, 0) is 11.3 Å². The number of nitrogens with zero attached hydrogens (tertiary/aromatic N) is 1. The third kappa shape index (κ3) is 2.69. The zero-order chi connectivity index (χ0) is 14.8. The Kier molecular flexibility index (Phi) is 3.51. The molecule has 0 aliphatic heterocycles. The van der Waals surface area contributed by atoms with Crippen molar-refractivity contribution in [2.45, 2.75) is 20.5 Å². The molecule has 0 spiro atoms. The summed E-state index contributed by atoms with van der Waals surface area (Å²) in [5.74, 6) is 4.83. The van der Waals surface area contributed by atoms with Crippen LogP contribution >= 0.6 is 0 Å². The lowest BCUT2D eigenvalue weighted by atomic mass is 10.1. The number of hydrogen-bond acceptors (Lipinski definition) is 4. The van der Waals surface area contributed by atoms with Crippen LogP contribution in [0.5, 0.6) is 0 Å². The molecule has 0 saturated carbocycles. The molecular formula is C17H15NO3. The van der Waals surface area contributed by atoms with E-state index >= 15 is 0 Å². The van der Waals surface area contributed by atoms with Crippen LogP contribution in [0.3, 0.4) is 0 Å². The molecule has 106 valence electrons. The summed E-state index contributed by atoms with van der Waals surface area (Å²) in [5.41, 5.74) is 2.29. The average molecular weight is 281 g/mol. The predicted octanol–water partition coefficient (Wildman–Crippen LogP) is 3.85. The number of aryl methyl sites for hydroxylation is 2. The summed E-state index contributed by atoms with van der Waals surface area (Å²) in [4.78, 5) is 4.62. The van der Waals surface area contributed by atoms with Gasteiger partial charge in [0.25, 0.3) is 0 Å². The van der Waals surface area contributed by atoms with Crippen LogP contribution in [-0.4, -0.2) is 11.6 Å². The lowest BCUT2D eigenvalue weighted by Gasteiger charge is -2.04. The standard InChI is InChI=1S/C17H15NO3/c1-4-7-19-10-13-9-16-14(8-12(3)21-16)17(18-13)15-6-5-11(2)20-15/h1,5-6,8-9H,7,10H2,2-3H3. The topological polar surface area (TPSA) is 48.4 Å². The van der Waals surface area contributed by atoms with E-state index in [1.54, 1.807) is 0 Å². The quantitative estimate of drug-likeness (QED) is 0.538. The van der Waals surface area contributed by atoms with Gasteiger partial charge in [-0.2, -0.15) is 0 Å². The zero-order valence-corrected chi connectivity index (χ0v) is 12.0. The molecule has 3 rings (SSSR count). The smallest absolute Gasteiger partial charge is 0.153 e. The number of fused-ring (bicyclic) bond motifs is 1. The van der Waals surface area contributed by atoms with Crippen molar-refractivity contribution in [2.75, 3.05) is 6.61 Å². The van der Waals surface area contributed by atoms with E-state index in [-0.39, 0.29) is 6.61 Å². The molecule has 0 saturated heterocycles. The van der Waals surface area contributed by atoms with E-state index in [0.29, 0.717) is 6.61 Å². The summed E-state index contributed by atoms with van der Waals surface area (Å²) in [7, 11) is 0. The molecule has 0 N–H and O–H groups in total. The number of furan rings is 2.